The van der Waals surface area contributed by atoms with Crippen molar-refractivity contribution in [2.75, 3.05) is 26.4 Å². The highest BCUT2D eigenvalue weighted by molar-refractivity contribution is 7.47. The molecule has 91 heavy (non-hydrogen) atoms. The summed E-state index contributed by atoms with van der Waals surface area (Å²) in [6.45, 7) is 3.51. The lowest BCUT2D eigenvalue weighted by Crippen LogP contribution is -2.29. The third-order valence-corrected chi connectivity index (χ3v) is 16.7. The second-order valence-electron chi connectivity index (χ2n) is 24.4. The average molecular weight is 1280 g/mol. The predicted molar refractivity (Wildman–Crippen MR) is 394 cm³/mol. The molecule has 3 N–H and O–H groups in total. The van der Waals surface area contributed by atoms with E-state index in [2.05, 4.69) is 160 Å². The minimum Gasteiger partial charge on any atom is -0.462 e. The van der Waals surface area contributed by atoms with E-state index < -0.39 is 26.5 Å². The lowest BCUT2D eigenvalue weighted by molar-refractivity contribution is -0.161. The first-order valence-electron chi connectivity index (χ1n) is 37.3. The van der Waals surface area contributed by atoms with Gasteiger partial charge in [-0.3, -0.25) is 18.6 Å². The van der Waals surface area contributed by atoms with Gasteiger partial charge in [0.15, 0.2) is 6.10 Å². The fraction of sp³-hybridized carbons (Fsp3) is 0.679. The van der Waals surface area contributed by atoms with E-state index in [0.29, 0.717) is 6.42 Å². The van der Waals surface area contributed by atoms with E-state index in [-0.39, 0.29) is 38.6 Å². The number of unbranched alkanes of at least 4 members (excludes halogenated alkanes) is 32. The van der Waals surface area contributed by atoms with Gasteiger partial charge in [0, 0.05) is 19.4 Å². The van der Waals surface area contributed by atoms with Gasteiger partial charge in [0.1, 0.15) is 6.61 Å². The van der Waals surface area contributed by atoms with Crippen molar-refractivity contribution in [3.63, 3.8) is 0 Å². The van der Waals surface area contributed by atoms with Crippen LogP contribution in [0.5, 0.6) is 0 Å². The Balaban J connectivity index is 3.85. The molecule has 0 saturated carbocycles. The summed E-state index contributed by atoms with van der Waals surface area (Å²) < 4.78 is 33.2. The zero-order chi connectivity index (χ0) is 65.8. The highest BCUT2D eigenvalue weighted by Crippen LogP contribution is 2.43. The predicted octanol–water partition coefficient (Wildman–Crippen LogP) is 25.0. The summed E-state index contributed by atoms with van der Waals surface area (Å²) in [4.78, 5) is 35.4. The van der Waals surface area contributed by atoms with Crippen LogP contribution in [0.3, 0.4) is 0 Å². The van der Waals surface area contributed by atoms with Crippen molar-refractivity contribution >= 4 is 19.8 Å². The summed E-state index contributed by atoms with van der Waals surface area (Å²) in [6, 6.07) is 0. The molecule has 0 aliphatic carbocycles. The molecule has 2 atom stereocenters. The van der Waals surface area contributed by atoms with E-state index in [9.17, 15) is 19.0 Å². The standard InChI is InChI=1S/C81H138NO8P/c1-3-5-7-9-11-13-15-17-19-21-23-25-27-29-31-33-34-35-36-37-38-39-40-41-42-43-44-46-47-49-51-53-55-57-59-61-63-65-67-69-71-73-80(83)87-77-79(78-89-91(85,86)88-76-75-82)90-81(84)74-72-70-68-66-64-62-60-58-56-54-52-50-48-45-32-30-28-26-24-22-20-18-16-14-12-10-8-6-4-2/h5-8,11-14,17-20,23-26,30,32,48,50,54,56,60,62,79H,3-4,9-10,15-16,21-22,27-29,31,33-47,49,51-53,55,57-59,61,63-78,82H2,1-2H3,(H,85,86)/b7-5-,8-6-,13-11-,14-12-,19-17-,20-18-,25-23-,26-24-,32-30-,50-48-,56-54-,62-60-. The minimum absolute atomic E-state index is 0.0434. The number of hydrogen-bond acceptors (Lipinski definition) is 8. The summed E-state index contributed by atoms with van der Waals surface area (Å²) in [6.07, 6.45) is 108. The molecule has 0 aromatic rings. The Morgan fingerprint density at radius 3 is 0.846 bits per heavy atom. The highest BCUT2D eigenvalue weighted by Gasteiger charge is 2.26. The van der Waals surface area contributed by atoms with Crippen molar-refractivity contribution in [1.82, 2.24) is 0 Å². The van der Waals surface area contributed by atoms with E-state index in [4.69, 9.17) is 24.3 Å². The Morgan fingerprint density at radius 2 is 0.571 bits per heavy atom. The molecule has 0 fully saturated rings. The lowest BCUT2D eigenvalue weighted by atomic mass is 10.0. The molecular weight excluding hydrogens is 1150 g/mol. The van der Waals surface area contributed by atoms with Gasteiger partial charge in [0.05, 0.1) is 13.2 Å². The van der Waals surface area contributed by atoms with Crippen molar-refractivity contribution in [2.24, 2.45) is 5.73 Å². The minimum atomic E-state index is -4.41. The van der Waals surface area contributed by atoms with Gasteiger partial charge in [-0.2, -0.15) is 0 Å². The molecule has 0 bridgehead atoms. The molecule has 9 nitrogen and oxygen atoms in total. The van der Waals surface area contributed by atoms with Crippen LogP contribution in [0, 0.1) is 0 Å². The number of hydrogen-bond donors (Lipinski definition) is 2. The topological polar surface area (TPSA) is 134 Å². The highest BCUT2D eigenvalue weighted by atomic mass is 31.2. The fourth-order valence-electron chi connectivity index (χ4n) is 10.3. The summed E-state index contributed by atoms with van der Waals surface area (Å²) in [7, 11) is -4.41. The Morgan fingerprint density at radius 1 is 0.330 bits per heavy atom. The first-order valence-corrected chi connectivity index (χ1v) is 38.8. The molecule has 0 aliphatic rings. The van der Waals surface area contributed by atoms with Crippen LogP contribution in [-0.2, 0) is 32.7 Å². The molecule has 0 spiro atoms. The van der Waals surface area contributed by atoms with E-state index >= 15 is 0 Å². The SMILES string of the molecule is CC/C=C\C/C=C\C/C=C\C/C=C\C/C=C\C/C=C\C/C=C\C/C=C\CCCCCCC(=O)OC(COC(=O)CCCCCCCCCCCCCCCCCCCCCCCCCCCCCC/C=C\C/C=C\C/C=C\C/C=C\CC)COP(=O)(O)OCCN. The monoisotopic (exact) mass is 1280 g/mol. The number of carbonyl (C=O) groups excluding carboxylic acids is 2. The van der Waals surface area contributed by atoms with Crippen molar-refractivity contribution in [1.29, 1.82) is 0 Å². The lowest BCUT2D eigenvalue weighted by Gasteiger charge is -2.19. The van der Waals surface area contributed by atoms with Crippen molar-refractivity contribution in [3.05, 3.63) is 146 Å². The molecule has 0 aromatic heterocycles. The molecule has 0 aliphatic heterocycles. The quantitative estimate of drug-likeness (QED) is 0.0264. The second-order valence-corrected chi connectivity index (χ2v) is 25.9. The Labute approximate surface area is 560 Å². The molecule has 0 rings (SSSR count). The van der Waals surface area contributed by atoms with Crippen molar-refractivity contribution in [2.45, 2.75) is 328 Å². The summed E-state index contributed by atoms with van der Waals surface area (Å²) in [5.74, 6) is -0.854. The van der Waals surface area contributed by atoms with Gasteiger partial charge in [0.25, 0.3) is 0 Å². The summed E-state index contributed by atoms with van der Waals surface area (Å²) in [5, 5.41) is 0. The molecule has 2 unspecified atom stereocenters. The van der Waals surface area contributed by atoms with Crippen LogP contribution < -0.4 is 5.73 Å². The van der Waals surface area contributed by atoms with E-state index in [1.165, 1.54) is 167 Å². The normalized spacial score (nSPS) is 13.8. The van der Waals surface area contributed by atoms with Gasteiger partial charge in [-0.1, -0.05) is 339 Å². The second kappa shape index (κ2) is 74.9. The van der Waals surface area contributed by atoms with Crippen LogP contribution in [0.4, 0.5) is 0 Å². The smallest absolute Gasteiger partial charge is 0.462 e. The number of rotatable bonds is 69. The number of allylic oxidation sites excluding steroid dienone is 24. The maximum Gasteiger partial charge on any atom is 0.472 e. The fourth-order valence-corrected chi connectivity index (χ4v) is 11.1. The van der Waals surface area contributed by atoms with Crippen molar-refractivity contribution in [3.8, 4) is 0 Å². The Bertz CT molecular complexity index is 2010. The molecule has 0 aromatic carbocycles. The maximum atomic E-state index is 12.8. The first kappa shape index (κ1) is 86.9. The Kier molecular flexibility index (Phi) is 71.5. The number of carbonyl (C=O) groups is 2. The van der Waals surface area contributed by atoms with Crippen LogP contribution >= 0.6 is 7.82 Å². The maximum absolute atomic E-state index is 12.8. The Hall–Kier alpha value is -4.11. The number of esters is 2. The van der Waals surface area contributed by atoms with Gasteiger partial charge in [-0.25, -0.2) is 4.57 Å². The van der Waals surface area contributed by atoms with Crippen LogP contribution in [0.2, 0.25) is 0 Å². The summed E-state index contributed by atoms with van der Waals surface area (Å²) in [5.41, 5.74) is 5.40. The van der Waals surface area contributed by atoms with Crippen LogP contribution in [-0.4, -0.2) is 49.3 Å². The zero-order valence-electron chi connectivity index (χ0n) is 58.5. The van der Waals surface area contributed by atoms with E-state index in [1.807, 2.05) is 0 Å². The van der Waals surface area contributed by atoms with Crippen LogP contribution in [0.1, 0.15) is 322 Å². The molecule has 0 heterocycles. The van der Waals surface area contributed by atoms with Gasteiger partial charge >= 0.3 is 19.8 Å². The number of phosphoric ester groups is 1. The average Bonchev–Trinajstić information content (AvgIpc) is 3.68. The molecule has 520 valence electrons. The molecule has 0 radical (unpaired) electrons. The van der Waals surface area contributed by atoms with Gasteiger partial charge < -0.3 is 20.1 Å². The third-order valence-electron chi connectivity index (χ3n) is 15.7. The largest absolute Gasteiger partial charge is 0.472 e. The molecule has 0 saturated heterocycles. The molecule has 0 amide bonds. The van der Waals surface area contributed by atoms with Crippen molar-refractivity contribution < 1.29 is 37.6 Å². The van der Waals surface area contributed by atoms with E-state index in [1.54, 1.807) is 0 Å². The number of phosphoric acid groups is 1. The van der Waals surface area contributed by atoms with Gasteiger partial charge in [0.2, 0.25) is 0 Å². The summed E-state index contributed by atoms with van der Waals surface area (Å²) >= 11 is 0. The first-order chi connectivity index (χ1) is 44.8. The molecule has 10 heteroatoms. The van der Waals surface area contributed by atoms with Crippen LogP contribution in [0.25, 0.3) is 0 Å². The molecular formula is C81H138NO8P. The number of ether oxygens (including phenoxy) is 2. The van der Waals surface area contributed by atoms with Crippen LogP contribution in [0.15, 0.2) is 146 Å². The third kappa shape index (κ3) is 74.8. The van der Waals surface area contributed by atoms with Gasteiger partial charge in [-0.05, 0) is 116 Å². The van der Waals surface area contributed by atoms with Gasteiger partial charge in [-0.15, -0.1) is 0 Å². The number of nitrogens with two attached hydrogens (primary N) is 1. The van der Waals surface area contributed by atoms with E-state index in [0.717, 1.165) is 122 Å². The zero-order valence-corrected chi connectivity index (χ0v) is 59.4.